The van der Waals surface area contributed by atoms with E-state index in [1.807, 2.05) is 59.8 Å². The summed E-state index contributed by atoms with van der Waals surface area (Å²) in [6, 6.07) is 14.3. The lowest BCUT2D eigenvalue weighted by Crippen LogP contribution is -2.39. The molecule has 0 aliphatic rings. The van der Waals surface area contributed by atoms with Crippen molar-refractivity contribution < 1.29 is 23.9 Å². The molecule has 2 rings (SSSR count). The van der Waals surface area contributed by atoms with Gasteiger partial charge < -0.3 is 9.47 Å². The molecule has 2 aromatic rings. The van der Waals surface area contributed by atoms with E-state index < -0.39 is 18.0 Å². The Balaban J connectivity index is 2.26. The minimum Gasteiger partial charge on any atom is -0.465 e. The predicted molar refractivity (Wildman–Crippen MR) is 118 cm³/mol. The molecule has 154 valence electrons. The Kier molecular flexibility index (Phi) is 9.11. The molecule has 0 saturated carbocycles. The molecular weight excluding hydrogens is 485 g/mol. The summed E-state index contributed by atoms with van der Waals surface area (Å²) < 4.78 is 10.7. The molecule has 0 saturated heterocycles. The molecule has 0 spiro atoms. The van der Waals surface area contributed by atoms with Crippen molar-refractivity contribution in [3.8, 4) is 0 Å². The molecule has 6 nitrogen and oxygen atoms in total. The maximum absolute atomic E-state index is 13.1. The summed E-state index contributed by atoms with van der Waals surface area (Å²) in [6.07, 6.45) is 1.42. The monoisotopic (exact) mass is 509 g/mol. The first-order chi connectivity index (χ1) is 14.0. The van der Waals surface area contributed by atoms with Crippen LogP contribution < -0.4 is 0 Å². The predicted octanol–water partition coefficient (Wildman–Crippen LogP) is 4.70. The van der Waals surface area contributed by atoms with Gasteiger partial charge >= 0.3 is 12.1 Å². The van der Waals surface area contributed by atoms with Crippen molar-refractivity contribution in [2.75, 3.05) is 20.3 Å². The summed E-state index contributed by atoms with van der Waals surface area (Å²) >= 11 is 2.02. The van der Waals surface area contributed by atoms with Gasteiger partial charge in [0.2, 0.25) is 0 Å². The smallest absolute Gasteiger partial charge is 0.416 e. The summed E-state index contributed by atoms with van der Waals surface area (Å²) in [5.41, 5.74) is 1.49. The Hall–Kier alpha value is -2.42. The summed E-state index contributed by atoms with van der Waals surface area (Å²) in [5.74, 6) is -1.05. The van der Waals surface area contributed by atoms with Crippen molar-refractivity contribution in [2.24, 2.45) is 0 Å². The van der Waals surface area contributed by atoms with E-state index in [1.165, 1.54) is 13.2 Å². The van der Waals surface area contributed by atoms with Crippen molar-refractivity contribution in [3.05, 3.63) is 68.8 Å². The first-order valence-electron chi connectivity index (χ1n) is 9.37. The number of methoxy groups -OCH3 is 1. The van der Waals surface area contributed by atoms with Crippen molar-refractivity contribution >= 4 is 40.6 Å². The van der Waals surface area contributed by atoms with E-state index in [2.05, 4.69) is 0 Å². The molecule has 0 aliphatic heterocycles. The van der Waals surface area contributed by atoms with E-state index in [-0.39, 0.29) is 24.3 Å². The molecule has 7 heteroatoms. The summed E-state index contributed by atoms with van der Waals surface area (Å²) in [5, 5.41) is 0. The number of esters is 1. The van der Waals surface area contributed by atoms with Gasteiger partial charge in [-0.05, 0) is 59.2 Å². The molecule has 29 heavy (non-hydrogen) atoms. The van der Waals surface area contributed by atoms with E-state index in [0.29, 0.717) is 9.99 Å². The fourth-order valence-electron chi connectivity index (χ4n) is 2.65. The number of nitrogens with zero attached hydrogens (tertiary/aromatic N) is 1. The van der Waals surface area contributed by atoms with Gasteiger partial charge in [0.15, 0.2) is 0 Å². The minimum absolute atomic E-state index is 0.173. The third kappa shape index (κ3) is 6.85. The summed E-state index contributed by atoms with van der Waals surface area (Å²) in [6.45, 7) is 2.42. The third-order valence-corrected chi connectivity index (χ3v) is 4.84. The highest BCUT2D eigenvalue weighted by atomic mass is 127. The Morgan fingerprint density at radius 3 is 2.38 bits per heavy atom. The van der Waals surface area contributed by atoms with Gasteiger partial charge in [-0.3, -0.25) is 4.79 Å². The number of imide groups is 1. The Morgan fingerprint density at radius 2 is 1.72 bits per heavy atom. The first-order valence-corrected chi connectivity index (χ1v) is 10.5. The molecule has 0 bridgehead atoms. The SMILES string of the molecule is CCCCOC(=O)N(CCc1ccccc1)C(=O)c1cc(I)cc(C(=O)OC)c1. The van der Waals surface area contributed by atoms with Gasteiger partial charge in [0, 0.05) is 15.7 Å². The molecule has 0 N–H and O–H groups in total. The van der Waals surface area contributed by atoms with Crippen LogP contribution in [0.4, 0.5) is 4.79 Å². The lowest BCUT2D eigenvalue weighted by Gasteiger charge is -2.21. The third-order valence-electron chi connectivity index (χ3n) is 4.22. The van der Waals surface area contributed by atoms with Crippen LogP contribution in [-0.4, -0.2) is 43.1 Å². The van der Waals surface area contributed by atoms with Crippen LogP contribution in [-0.2, 0) is 15.9 Å². The standard InChI is InChI=1S/C22H24INO5/c1-3-4-12-29-22(27)24(11-10-16-8-6-5-7-9-16)20(25)17-13-18(21(26)28-2)15-19(23)14-17/h5-9,13-15H,3-4,10-12H2,1-2H3. The zero-order valence-corrected chi connectivity index (χ0v) is 18.7. The van der Waals surface area contributed by atoms with Gasteiger partial charge in [0.1, 0.15) is 0 Å². The molecule has 0 radical (unpaired) electrons. The van der Waals surface area contributed by atoms with Gasteiger partial charge in [-0.2, -0.15) is 0 Å². The number of hydrogen-bond acceptors (Lipinski definition) is 5. The number of amides is 2. The van der Waals surface area contributed by atoms with Gasteiger partial charge in [-0.25, -0.2) is 14.5 Å². The van der Waals surface area contributed by atoms with E-state index in [1.54, 1.807) is 12.1 Å². The molecule has 0 atom stereocenters. The quantitative estimate of drug-likeness (QED) is 0.293. The van der Waals surface area contributed by atoms with Gasteiger partial charge in [-0.15, -0.1) is 0 Å². The Morgan fingerprint density at radius 1 is 1.03 bits per heavy atom. The van der Waals surface area contributed by atoms with E-state index >= 15 is 0 Å². The number of rotatable bonds is 8. The number of ether oxygens (including phenoxy) is 2. The second-order valence-electron chi connectivity index (χ2n) is 6.38. The van der Waals surface area contributed by atoms with Crippen molar-refractivity contribution in [3.63, 3.8) is 0 Å². The highest BCUT2D eigenvalue weighted by Crippen LogP contribution is 2.17. The van der Waals surface area contributed by atoms with Crippen molar-refractivity contribution in [1.29, 1.82) is 0 Å². The number of benzene rings is 2. The highest BCUT2D eigenvalue weighted by molar-refractivity contribution is 14.1. The average molecular weight is 509 g/mol. The Labute approximate surface area is 184 Å². The molecule has 0 fully saturated rings. The molecule has 2 amide bonds. The van der Waals surface area contributed by atoms with Crippen LogP contribution in [0.15, 0.2) is 48.5 Å². The molecule has 0 heterocycles. The Bertz CT molecular complexity index is 854. The zero-order valence-electron chi connectivity index (χ0n) is 16.5. The lowest BCUT2D eigenvalue weighted by atomic mass is 10.1. The number of carbonyl (C=O) groups is 3. The fourth-order valence-corrected chi connectivity index (χ4v) is 3.32. The van der Waals surface area contributed by atoms with E-state index in [0.717, 1.165) is 23.3 Å². The topological polar surface area (TPSA) is 72.9 Å². The van der Waals surface area contributed by atoms with Crippen molar-refractivity contribution in [1.82, 2.24) is 4.90 Å². The second-order valence-corrected chi connectivity index (χ2v) is 7.63. The van der Waals surface area contributed by atoms with E-state index in [9.17, 15) is 14.4 Å². The minimum atomic E-state index is -0.683. The van der Waals surface area contributed by atoms with Crippen LogP contribution in [0.3, 0.4) is 0 Å². The normalized spacial score (nSPS) is 10.3. The van der Waals surface area contributed by atoms with Gasteiger partial charge in [0.05, 0.1) is 19.3 Å². The number of hydrogen-bond donors (Lipinski definition) is 0. The van der Waals surface area contributed by atoms with Crippen LogP contribution in [0.25, 0.3) is 0 Å². The lowest BCUT2D eigenvalue weighted by molar-refractivity contribution is 0.0600. The highest BCUT2D eigenvalue weighted by Gasteiger charge is 2.25. The maximum Gasteiger partial charge on any atom is 0.416 e. The average Bonchev–Trinajstić information content (AvgIpc) is 2.73. The largest absolute Gasteiger partial charge is 0.465 e. The number of carbonyl (C=O) groups excluding carboxylic acids is 3. The molecular formula is C22H24INO5. The molecule has 2 aromatic carbocycles. The van der Waals surface area contributed by atoms with Crippen LogP contribution in [0.1, 0.15) is 46.0 Å². The number of halogens is 1. The first kappa shape index (κ1) is 22.9. The van der Waals surface area contributed by atoms with Crippen LogP contribution in [0, 0.1) is 3.57 Å². The van der Waals surface area contributed by atoms with Crippen molar-refractivity contribution in [2.45, 2.75) is 26.2 Å². The number of unbranched alkanes of at least 4 members (excludes halogenated alkanes) is 1. The summed E-state index contributed by atoms with van der Waals surface area (Å²) in [7, 11) is 1.28. The van der Waals surface area contributed by atoms with Crippen LogP contribution in [0.5, 0.6) is 0 Å². The zero-order chi connectivity index (χ0) is 21.2. The maximum atomic E-state index is 13.1. The van der Waals surface area contributed by atoms with Gasteiger partial charge in [0.25, 0.3) is 5.91 Å². The van der Waals surface area contributed by atoms with Crippen LogP contribution in [0.2, 0.25) is 0 Å². The molecule has 0 aliphatic carbocycles. The molecule has 0 aromatic heterocycles. The van der Waals surface area contributed by atoms with Crippen LogP contribution >= 0.6 is 22.6 Å². The molecule has 0 unspecified atom stereocenters. The van der Waals surface area contributed by atoms with Gasteiger partial charge in [-0.1, -0.05) is 43.7 Å². The second kappa shape index (κ2) is 11.5. The summed E-state index contributed by atoms with van der Waals surface area (Å²) in [4.78, 5) is 38.7. The van der Waals surface area contributed by atoms with E-state index in [4.69, 9.17) is 9.47 Å². The fraction of sp³-hybridized carbons (Fsp3) is 0.318.